The molecule has 0 N–H and O–H groups in total. The van der Waals surface area contributed by atoms with Crippen LogP contribution in [-0.2, 0) is 19.3 Å². The molecule has 0 unspecified atom stereocenters. The van der Waals surface area contributed by atoms with Gasteiger partial charge in [0.1, 0.15) is 23.4 Å². The molecule has 4 aromatic rings. The zero-order chi connectivity index (χ0) is 27.6. The standard InChI is InChI=1S/C29H29F3N4O2/c1-6-25(35(4)5)21-15-19(3)34-27-20(21)9-7-11-26(27)38-17-22-18(2)12-13-33-24(22)16-36-14-8-10-23(28(36)37)29(30,31)32/h6-15H,16-17H2,1-5H3/b25-6-. The number of halogens is 3. The minimum Gasteiger partial charge on any atom is -0.487 e. The minimum atomic E-state index is -4.73. The van der Waals surface area contributed by atoms with Crippen LogP contribution in [0.25, 0.3) is 16.6 Å². The molecule has 0 radical (unpaired) electrons. The van der Waals surface area contributed by atoms with Crippen molar-refractivity contribution in [3.05, 3.63) is 105 Å². The van der Waals surface area contributed by atoms with Gasteiger partial charge in [0.15, 0.2) is 0 Å². The summed E-state index contributed by atoms with van der Waals surface area (Å²) >= 11 is 0. The number of hydrogen-bond donors (Lipinski definition) is 0. The van der Waals surface area contributed by atoms with Crippen LogP contribution in [0.3, 0.4) is 0 Å². The molecule has 3 heterocycles. The third-order valence-electron chi connectivity index (χ3n) is 6.36. The van der Waals surface area contributed by atoms with Gasteiger partial charge in [-0.1, -0.05) is 18.2 Å². The van der Waals surface area contributed by atoms with E-state index in [1.165, 1.54) is 12.3 Å². The summed E-state index contributed by atoms with van der Waals surface area (Å²) in [6.45, 7) is 5.78. The quantitative estimate of drug-likeness (QED) is 0.299. The van der Waals surface area contributed by atoms with E-state index in [-0.39, 0.29) is 13.2 Å². The van der Waals surface area contributed by atoms with Crippen LogP contribution in [0, 0.1) is 13.8 Å². The van der Waals surface area contributed by atoms with E-state index in [1.807, 2.05) is 70.1 Å². The number of fused-ring (bicyclic) bond motifs is 1. The van der Waals surface area contributed by atoms with Crippen LogP contribution >= 0.6 is 0 Å². The second kappa shape index (κ2) is 10.7. The number of alkyl halides is 3. The molecule has 3 aromatic heterocycles. The highest BCUT2D eigenvalue weighted by molar-refractivity contribution is 5.94. The molecule has 9 heteroatoms. The Bertz CT molecular complexity index is 1570. The number of para-hydroxylation sites is 1. The van der Waals surface area contributed by atoms with E-state index in [2.05, 4.69) is 4.98 Å². The summed E-state index contributed by atoms with van der Waals surface area (Å²) < 4.78 is 47.0. The molecule has 1 aromatic carbocycles. The fraction of sp³-hybridized carbons (Fsp3) is 0.276. The molecule has 0 aliphatic rings. The normalized spacial score (nSPS) is 12.2. The molecule has 6 nitrogen and oxygen atoms in total. The van der Waals surface area contributed by atoms with Crippen LogP contribution < -0.4 is 10.3 Å². The van der Waals surface area contributed by atoms with Crippen molar-refractivity contribution < 1.29 is 17.9 Å². The lowest BCUT2D eigenvalue weighted by atomic mass is 10.0. The SMILES string of the molecule is C/C=C(/c1cc(C)nc2c(OCc3c(C)ccnc3Cn3cccc(C(F)(F)F)c3=O)cccc12)N(C)C. The Morgan fingerprint density at radius 2 is 1.89 bits per heavy atom. The first-order valence-electron chi connectivity index (χ1n) is 12.1. The van der Waals surface area contributed by atoms with Crippen LogP contribution in [0.4, 0.5) is 13.2 Å². The molecule has 0 atom stereocenters. The molecule has 38 heavy (non-hydrogen) atoms. The first-order valence-corrected chi connectivity index (χ1v) is 12.1. The van der Waals surface area contributed by atoms with Crippen LogP contribution in [0.15, 0.2) is 65.7 Å². The molecular weight excluding hydrogens is 493 g/mol. The number of hydrogen-bond acceptors (Lipinski definition) is 5. The van der Waals surface area contributed by atoms with Crippen molar-refractivity contribution in [1.82, 2.24) is 19.4 Å². The summed E-state index contributed by atoms with van der Waals surface area (Å²) in [4.78, 5) is 23.7. The van der Waals surface area contributed by atoms with Crippen molar-refractivity contribution in [3.63, 3.8) is 0 Å². The molecule has 4 rings (SSSR count). The highest BCUT2D eigenvalue weighted by Gasteiger charge is 2.34. The molecular formula is C29H29F3N4O2. The Labute approximate surface area is 219 Å². The van der Waals surface area contributed by atoms with Gasteiger partial charge in [-0.15, -0.1) is 0 Å². The number of pyridine rings is 3. The first kappa shape index (κ1) is 26.9. The molecule has 0 amide bonds. The van der Waals surface area contributed by atoms with Crippen molar-refractivity contribution in [2.75, 3.05) is 14.1 Å². The van der Waals surface area contributed by atoms with Gasteiger partial charge >= 0.3 is 6.18 Å². The number of aryl methyl sites for hydroxylation is 2. The van der Waals surface area contributed by atoms with Crippen molar-refractivity contribution in [1.29, 1.82) is 0 Å². The Balaban J connectivity index is 1.71. The van der Waals surface area contributed by atoms with Gasteiger partial charge in [0.25, 0.3) is 5.56 Å². The van der Waals surface area contributed by atoms with Gasteiger partial charge in [-0.3, -0.25) is 9.78 Å². The highest BCUT2D eigenvalue weighted by Crippen LogP contribution is 2.32. The number of allylic oxidation sites excluding steroid dienone is 1. The Morgan fingerprint density at radius 1 is 1.13 bits per heavy atom. The summed E-state index contributed by atoms with van der Waals surface area (Å²) in [7, 11) is 3.97. The lowest BCUT2D eigenvalue weighted by Gasteiger charge is -2.20. The molecule has 0 aliphatic carbocycles. The van der Waals surface area contributed by atoms with Gasteiger partial charge in [-0.2, -0.15) is 13.2 Å². The second-order valence-corrected chi connectivity index (χ2v) is 9.23. The van der Waals surface area contributed by atoms with Crippen LogP contribution in [0.1, 0.15) is 40.6 Å². The zero-order valence-electron chi connectivity index (χ0n) is 21.9. The molecule has 0 aliphatic heterocycles. The third-order valence-corrected chi connectivity index (χ3v) is 6.36. The maximum Gasteiger partial charge on any atom is 0.421 e. The minimum absolute atomic E-state index is 0.108. The molecule has 0 saturated carbocycles. The average Bonchev–Trinajstić information content (AvgIpc) is 2.84. The van der Waals surface area contributed by atoms with Crippen LogP contribution in [-0.4, -0.2) is 33.5 Å². The summed E-state index contributed by atoms with van der Waals surface area (Å²) in [5, 5.41) is 0.938. The van der Waals surface area contributed by atoms with Crippen molar-refractivity contribution in [2.24, 2.45) is 0 Å². The van der Waals surface area contributed by atoms with E-state index in [9.17, 15) is 18.0 Å². The van der Waals surface area contributed by atoms with Crippen LogP contribution in [0.5, 0.6) is 5.75 Å². The monoisotopic (exact) mass is 522 g/mol. The number of nitrogens with zero attached hydrogens (tertiary/aromatic N) is 4. The predicted molar refractivity (Wildman–Crippen MR) is 142 cm³/mol. The van der Waals surface area contributed by atoms with Gasteiger partial charge in [0, 0.05) is 54.4 Å². The van der Waals surface area contributed by atoms with E-state index in [4.69, 9.17) is 9.72 Å². The van der Waals surface area contributed by atoms with Gasteiger partial charge in [0.05, 0.1) is 12.2 Å². The molecule has 198 valence electrons. The summed E-state index contributed by atoms with van der Waals surface area (Å²) in [6.07, 6.45) is 0.211. The number of rotatable bonds is 7. The summed E-state index contributed by atoms with van der Waals surface area (Å²) in [6, 6.07) is 11.6. The first-order chi connectivity index (χ1) is 18.0. The topological polar surface area (TPSA) is 60.3 Å². The fourth-order valence-electron chi connectivity index (χ4n) is 4.50. The largest absolute Gasteiger partial charge is 0.487 e. The van der Waals surface area contributed by atoms with Gasteiger partial charge < -0.3 is 14.2 Å². The van der Waals surface area contributed by atoms with Gasteiger partial charge in [-0.25, -0.2) is 4.98 Å². The lowest BCUT2D eigenvalue weighted by molar-refractivity contribution is -0.138. The Morgan fingerprint density at radius 3 is 2.58 bits per heavy atom. The summed E-state index contributed by atoms with van der Waals surface area (Å²) in [5.41, 5.74) is 3.32. The van der Waals surface area contributed by atoms with E-state index < -0.39 is 17.3 Å². The van der Waals surface area contributed by atoms with E-state index in [0.29, 0.717) is 22.5 Å². The lowest BCUT2D eigenvalue weighted by Crippen LogP contribution is -2.29. The number of benzene rings is 1. The van der Waals surface area contributed by atoms with E-state index in [1.54, 1.807) is 12.3 Å². The maximum atomic E-state index is 13.3. The third kappa shape index (κ3) is 5.41. The Hall–Kier alpha value is -4.14. The smallest absolute Gasteiger partial charge is 0.421 e. The van der Waals surface area contributed by atoms with Gasteiger partial charge in [-0.05, 0) is 56.7 Å². The predicted octanol–water partition coefficient (Wildman–Crippen LogP) is 5.98. The van der Waals surface area contributed by atoms with Gasteiger partial charge in [0.2, 0.25) is 0 Å². The molecule has 0 saturated heterocycles. The van der Waals surface area contributed by atoms with Crippen LogP contribution in [0.2, 0.25) is 0 Å². The van der Waals surface area contributed by atoms with E-state index in [0.717, 1.165) is 38.5 Å². The fourth-order valence-corrected chi connectivity index (χ4v) is 4.50. The maximum absolute atomic E-state index is 13.3. The molecule has 0 spiro atoms. The number of ether oxygens (including phenoxy) is 1. The van der Waals surface area contributed by atoms with Crippen molar-refractivity contribution in [2.45, 2.75) is 40.1 Å². The van der Waals surface area contributed by atoms with Crippen molar-refractivity contribution in [3.8, 4) is 5.75 Å². The summed E-state index contributed by atoms with van der Waals surface area (Å²) in [5.74, 6) is 0.576. The zero-order valence-corrected chi connectivity index (χ0v) is 21.9. The highest BCUT2D eigenvalue weighted by atomic mass is 19.4. The molecule has 0 bridgehead atoms. The average molecular weight is 523 g/mol. The second-order valence-electron chi connectivity index (χ2n) is 9.23. The Kier molecular flexibility index (Phi) is 7.57. The molecule has 0 fully saturated rings. The van der Waals surface area contributed by atoms with Crippen molar-refractivity contribution >= 4 is 16.6 Å². The van der Waals surface area contributed by atoms with E-state index >= 15 is 0 Å². The number of aromatic nitrogens is 3.